The van der Waals surface area contributed by atoms with Crippen molar-refractivity contribution in [2.75, 3.05) is 6.54 Å². The van der Waals surface area contributed by atoms with Crippen LogP contribution < -0.4 is 5.32 Å². The lowest BCUT2D eigenvalue weighted by Crippen LogP contribution is -2.18. The Morgan fingerprint density at radius 3 is 2.79 bits per heavy atom. The van der Waals surface area contributed by atoms with Crippen LogP contribution >= 0.6 is 0 Å². The Balaban J connectivity index is 1.45. The Morgan fingerprint density at radius 1 is 1.26 bits per heavy atom. The van der Waals surface area contributed by atoms with Gasteiger partial charge in [-0.1, -0.05) is 12.1 Å². The Morgan fingerprint density at radius 2 is 2.05 bits per heavy atom. The molecule has 1 N–H and O–H groups in total. The number of imidazole rings is 1. The van der Waals surface area contributed by atoms with Crippen LogP contribution in [0.25, 0.3) is 0 Å². The first-order valence-electron chi connectivity index (χ1n) is 6.79. The number of nitrogens with zero attached hydrogens (tertiary/aromatic N) is 2. The maximum absolute atomic E-state index is 12.8. The molecule has 0 radical (unpaired) electrons. The molecule has 1 heterocycles. The molecule has 0 saturated heterocycles. The summed E-state index contributed by atoms with van der Waals surface area (Å²) in [6.07, 6.45) is 7.33. The molecule has 4 heteroatoms. The molecule has 1 aromatic carbocycles. The van der Waals surface area contributed by atoms with Gasteiger partial charge in [-0.25, -0.2) is 9.37 Å². The zero-order chi connectivity index (χ0) is 13.1. The van der Waals surface area contributed by atoms with Crippen molar-refractivity contribution >= 4 is 0 Å². The summed E-state index contributed by atoms with van der Waals surface area (Å²) in [6.45, 7) is 1.74. The van der Waals surface area contributed by atoms with Gasteiger partial charge in [-0.3, -0.25) is 0 Å². The van der Waals surface area contributed by atoms with E-state index in [4.69, 9.17) is 0 Å². The Kier molecular flexibility index (Phi) is 3.60. The fourth-order valence-corrected chi connectivity index (χ4v) is 2.25. The lowest BCUT2D eigenvalue weighted by Gasteiger charge is -2.08. The van der Waals surface area contributed by atoms with Crippen molar-refractivity contribution in [3.8, 4) is 0 Å². The van der Waals surface area contributed by atoms with Crippen LogP contribution in [0, 0.1) is 5.82 Å². The van der Waals surface area contributed by atoms with Gasteiger partial charge in [0.15, 0.2) is 0 Å². The van der Waals surface area contributed by atoms with Crippen LogP contribution in [-0.2, 0) is 13.0 Å². The predicted octanol–water partition coefficient (Wildman–Crippen LogP) is 2.69. The Hall–Kier alpha value is -1.68. The summed E-state index contributed by atoms with van der Waals surface area (Å²) in [5.74, 6) is -0.176. The van der Waals surface area contributed by atoms with E-state index in [-0.39, 0.29) is 5.82 Å². The highest BCUT2D eigenvalue weighted by Crippen LogP contribution is 2.35. The van der Waals surface area contributed by atoms with Gasteiger partial charge >= 0.3 is 0 Å². The molecule has 1 aromatic heterocycles. The third-order valence-corrected chi connectivity index (χ3v) is 3.50. The molecule has 0 unspecified atom stereocenters. The molecule has 0 amide bonds. The summed E-state index contributed by atoms with van der Waals surface area (Å²) in [6, 6.07) is 7.38. The molecular formula is C15H18FN3. The maximum Gasteiger partial charge on any atom is 0.123 e. The predicted molar refractivity (Wildman–Crippen MR) is 72.3 cm³/mol. The zero-order valence-electron chi connectivity index (χ0n) is 10.8. The minimum atomic E-state index is -0.176. The van der Waals surface area contributed by atoms with Crippen LogP contribution in [0.1, 0.15) is 30.1 Å². The van der Waals surface area contributed by atoms with E-state index in [0.29, 0.717) is 6.04 Å². The van der Waals surface area contributed by atoms with Gasteiger partial charge in [0.1, 0.15) is 5.82 Å². The quantitative estimate of drug-likeness (QED) is 0.808. The zero-order valence-corrected chi connectivity index (χ0v) is 10.8. The first-order valence-corrected chi connectivity index (χ1v) is 6.79. The third-order valence-electron chi connectivity index (χ3n) is 3.50. The Labute approximate surface area is 112 Å². The largest absolute Gasteiger partial charge is 0.330 e. The lowest BCUT2D eigenvalue weighted by molar-refractivity contribution is 0.617. The first-order chi connectivity index (χ1) is 9.33. The molecule has 0 spiro atoms. The van der Waals surface area contributed by atoms with Crippen molar-refractivity contribution in [2.24, 2.45) is 0 Å². The Bertz CT molecular complexity index is 529. The highest BCUT2D eigenvalue weighted by atomic mass is 19.1. The van der Waals surface area contributed by atoms with Crippen molar-refractivity contribution in [3.05, 3.63) is 53.9 Å². The third kappa shape index (κ3) is 3.20. The van der Waals surface area contributed by atoms with Crippen LogP contribution in [0.15, 0.2) is 36.8 Å². The van der Waals surface area contributed by atoms with Gasteiger partial charge < -0.3 is 9.88 Å². The number of aromatic nitrogens is 2. The van der Waals surface area contributed by atoms with Gasteiger partial charge in [0.25, 0.3) is 0 Å². The van der Waals surface area contributed by atoms with Crippen molar-refractivity contribution in [3.63, 3.8) is 0 Å². The van der Waals surface area contributed by atoms with Crippen molar-refractivity contribution in [1.29, 1.82) is 0 Å². The summed E-state index contributed by atoms with van der Waals surface area (Å²) in [7, 11) is 0. The molecule has 19 heavy (non-hydrogen) atoms. The molecule has 0 bridgehead atoms. The second-order valence-electron chi connectivity index (χ2n) is 5.08. The van der Waals surface area contributed by atoms with E-state index in [0.717, 1.165) is 25.1 Å². The molecule has 3 nitrogen and oxygen atoms in total. The van der Waals surface area contributed by atoms with Gasteiger partial charge in [0, 0.05) is 18.8 Å². The van der Waals surface area contributed by atoms with E-state index in [1.54, 1.807) is 0 Å². The normalized spacial score (nSPS) is 14.8. The van der Waals surface area contributed by atoms with Crippen molar-refractivity contribution in [2.45, 2.75) is 31.8 Å². The van der Waals surface area contributed by atoms with Crippen molar-refractivity contribution < 1.29 is 4.39 Å². The van der Waals surface area contributed by atoms with Crippen LogP contribution in [0.3, 0.4) is 0 Å². The van der Waals surface area contributed by atoms with Crippen LogP contribution in [0.2, 0.25) is 0 Å². The number of hydrogen-bond acceptors (Lipinski definition) is 2. The van der Waals surface area contributed by atoms with E-state index in [2.05, 4.69) is 14.9 Å². The van der Waals surface area contributed by atoms with Gasteiger partial charge in [-0.2, -0.15) is 0 Å². The number of benzene rings is 1. The topological polar surface area (TPSA) is 29.9 Å². The summed E-state index contributed by atoms with van der Waals surface area (Å²) in [5.41, 5.74) is 2.41. The molecule has 0 atom stereocenters. The van der Waals surface area contributed by atoms with Crippen LogP contribution in [-0.4, -0.2) is 16.1 Å². The minimum absolute atomic E-state index is 0.176. The average Bonchev–Trinajstić information content (AvgIpc) is 3.16. The van der Waals surface area contributed by atoms with E-state index in [1.165, 1.54) is 30.7 Å². The highest BCUT2D eigenvalue weighted by molar-refractivity contribution is 5.16. The number of hydrogen-bond donors (Lipinski definition) is 1. The van der Waals surface area contributed by atoms with Crippen molar-refractivity contribution in [1.82, 2.24) is 14.9 Å². The van der Waals surface area contributed by atoms with E-state index >= 15 is 0 Å². The summed E-state index contributed by atoms with van der Waals surface area (Å²) < 4.78 is 15.0. The number of rotatable bonds is 6. The molecule has 1 fully saturated rings. The van der Waals surface area contributed by atoms with Gasteiger partial charge in [-0.15, -0.1) is 0 Å². The summed E-state index contributed by atoms with van der Waals surface area (Å²) in [4.78, 5) is 4.21. The number of halogens is 1. The summed E-state index contributed by atoms with van der Waals surface area (Å²) >= 11 is 0. The van der Waals surface area contributed by atoms with Gasteiger partial charge in [-0.05, 0) is 43.5 Å². The average molecular weight is 259 g/mol. The van der Waals surface area contributed by atoms with Gasteiger partial charge in [0.05, 0.1) is 12.0 Å². The standard InChI is InChI=1S/C15H18FN3/c16-13-3-1-12(2-4-13)7-8-17-9-15-10-18-11-19(15)14-5-6-14/h1-4,10-11,14,17H,5-9H2. The molecule has 2 aromatic rings. The fourth-order valence-electron chi connectivity index (χ4n) is 2.25. The molecule has 1 saturated carbocycles. The number of nitrogens with one attached hydrogen (secondary N) is 1. The minimum Gasteiger partial charge on any atom is -0.330 e. The monoisotopic (exact) mass is 259 g/mol. The molecule has 1 aliphatic carbocycles. The maximum atomic E-state index is 12.8. The summed E-state index contributed by atoms with van der Waals surface area (Å²) in [5, 5.41) is 3.42. The van der Waals surface area contributed by atoms with Crippen LogP contribution in [0.4, 0.5) is 4.39 Å². The smallest absolute Gasteiger partial charge is 0.123 e. The lowest BCUT2D eigenvalue weighted by atomic mass is 10.1. The van der Waals surface area contributed by atoms with E-state index < -0.39 is 0 Å². The SMILES string of the molecule is Fc1ccc(CCNCc2cncn2C2CC2)cc1. The van der Waals surface area contributed by atoms with E-state index in [1.807, 2.05) is 24.7 Å². The second-order valence-corrected chi connectivity index (χ2v) is 5.08. The molecule has 3 rings (SSSR count). The fraction of sp³-hybridized carbons (Fsp3) is 0.400. The second kappa shape index (κ2) is 5.53. The molecule has 100 valence electrons. The molecule has 0 aliphatic heterocycles. The van der Waals surface area contributed by atoms with Crippen LogP contribution in [0.5, 0.6) is 0 Å². The molecule has 1 aliphatic rings. The van der Waals surface area contributed by atoms with E-state index in [9.17, 15) is 4.39 Å². The highest BCUT2D eigenvalue weighted by Gasteiger charge is 2.24. The van der Waals surface area contributed by atoms with Gasteiger partial charge in [0.2, 0.25) is 0 Å². The molecular weight excluding hydrogens is 241 g/mol. The first kappa shape index (κ1) is 12.4.